The number of fused-ring (bicyclic) bond motifs is 1. The van der Waals surface area contributed by atoms with Crippen LogP contribution in [0.25, 0.3) is 11.0 Å². The SMILES string of the molecule is Cn1c(CC(=O)c2ccc(Br)cc2N)nc2ccccc21. The van der Waals surface area contributed by atoms with Gasteiger partial charge >= 0.3 is 0 Å². The van der Waals surface area contributed by atoms with Crippen molar-refractivity contribution in [3.05, 3.63) is 58.3 Å². The van der Waals surface area contributed by atoms with Crippen LogP contribution in [0.15, 0.2) is 46.9 Å². The van der Waals surface area contributed by atoms with E-state index in [-0.39, 0.29) is 12.2 Å². The van der Waals surface area contributed by atoms with Gasteiger partial charge in [-0.1, -0.05) is 28.1 Å². The zero-order chi connectivity index (χ0) is 15.0. The molecule has 0 amide bonds. The first-order chi connectivity index (χ1) is 10.1. The van der Waals surface area contributed by atoms with Crippen molar-refractivity contribution in [2.24, 2.45) is 7.05 Å². The predicted octanol–water partition coefficient (Wildman–Crippen LogP) is 3.34. The molecule has 5 heteroatoms. The summed E-state index contributed by atoms with van der Waals surface area (Å²) in [6.07, 6.45) is 0.233. The summed E-state index contributed by atoms with van der Waals surface area (Å²) in [6, 6.07) is 13.1. The Morgan fingerprint density at radius 2 is 2.05 bits per heavy atom. The minimum atomic E-state index is -0.0293. The van der Waals surface area contributed by atoms with Crippen LogP contribution in [0.3, 0.4) is 0 Å². The second-order valence-electron chi connectivity index (χ2n) is 4.91. The Hall–Kier alpha value is -2.14. The maximum atomic E-state index is 12.4. The van der Waals surface area contributed by atoms with Crippen LogP contribution in [0.2, 0.25) is 0 Å². The largest absolute Gasteiger partial charge is 0.398 e. The number of aromatic nitrogens is 2. The van der Waals surface area contributed by atoms with Crippen molar-refractivity contribution in [2.75, 3.05) is 5.73 Å². The van der Waals surface area contributed by atoms with E-state index < -0.39 is 0 Å². The number of halogens is 1. The normalized spacial score (nSPS) is 11.0. The Morgan fingerprint density at radius 1 is 1.29 bits per heavy atom. The maximum Gasteiger partial charge on any atom is 0.172 e. The summed E-state index contributed by atoms with van der Waals surface area (Å²) in [7, 11) is 1.92. The molecule has 0 aliphatic heterocycles. The van der Waals surface area contributed by atoms with E-state index in [1.807, 2.05) is 41.9 Å². The lowest BCUT2D eigenvalue weighted by Crippen LogP contribution is -2.10. The van der Waals surface area contributed by atoms with Gasteiger partial charge < -0.3 is 10.3 Å². The molecule has 1 aromatic heterocycles. The topological polar surface area (TPSA) is 60.9 Å². The van der Waals surface area contributed by atoms with Gasteiger partial charge in [0.05, 0.1) is 17.5 Å². The van der Waals surface area contributed by atoms with Crippen LogP contribution in [0.1, 0.15) is 16.2 Å². The number of nitrogen functional groups attached to an aromatic ring is 1. The molecular weight excluding hydrogens is 330 g/mol. The lowest BCUT2D eigenvalue weighted by molar-refractivity contribution is 0.0991. The number of hydrogen-bond donors (Lipinski definition) is 1. The van der Waals surface area contributed by atoms with Crippen LogP contribution in [0.5, 0.6) is 0 Å². The number of benzene rings is 2. The monoisotopic (exact) mass is 343 g/mol. The second kappa shape index (κ2) is 5.33. The number of Topliss-reactive ketones (excluding diaryl/α,β-unsaturated/α-hetero) is 1. The first-order valence-electron chi connectivity index (χ1n) is 6.55. The van der Waals surface area contributed by atoms with Crippen molar-refractivity contribution in [1.29, 1.82) is 0 Å². The van der Waals surface area contributed by atoms with Gasteiger partial charge in [-0.15, -0.1) is 0 Å². The van der Waals surface area contributed by atoms with Gasteiger partial charge in [0.25, 0.3) is 0 Å². The van der Waals surface area contributed by atoms with E-state index in [9.17, 15) is 4.79 Å². The summed E-state index contributed by atoms with van der Waals surface area (Å²) in [6.45, 7) is 0. The zero-order valence-corrected chi connectivity index (χ0v) is 13.1. The lowest BCUT2D eigenvalue weighted by atomic mass is 10.1. The van der Waals surface area contributed by atoms with Crippen LogP contribution < -0.4 is 5.73 Å². The molecule has 0 aliphatic carbocycles. The number of anilines is 1. The van der Waals surface area contributed by atoms with E-state index in [0.29, 0.717) is 11.3 Å². The molecular formula is C16H14BrN3O. The summed E-state index contributed by atoms with van der Waals surface area (Å²) >= 11 is 3.34. The standard InChI is InChI=1S/C16H14BrN3O/c1-20-14-5-3-2-4-13(14)19-16(20)9-15(21)11-7-6-10(17)8-12(11)18/h2-8H,9,18H2,1H3. The highest BCUT2D eigenvalue weighted by atomic mass is 79.9. The third-order valence-electron chi connectivity index (χ3n) is 3.51. The van der Waals surface area contributed by atoms with Gasteiger partial charge in [-0.25, -0.2) is 4.98 Å². The Kier molecular flexibility index (Phi) is 3.51. The molecule has 0 atom stereocenters. The van der Waals surface area contributed by atoms with E-state index in [4.69, 9.17) is 5.73 Å². The molecule has 3 aromatic rings. The number of imidazole rings is 1. The highest BCUT2D eigenvalue weighted by molar-refractivity contribution is 9.10. The van der Waals surface area contributed by atoms with Gasteiger partial charge in [0.15, 0.2) is 5.78 Å². The molecule has 1 heterocycles. The highest BCUT2D eigenvalue weighted by Crippen LogP contribution is 2.21. The van der Waals surface area contributed by atoms with Crippen molar-refractivity contribution >= 4 is 38.4 Å². The van der Waals surface area contributed by atoms with Crippen LogP contribution >= 0.6 is 15.9 Å². The Labute approximate surface area is 130 Å². The number of ketones is 1. The molecule has 0 unspecified atom stereocenters. The maximum absolute atomic E-state index is 12.4. The number of para-hydroxylation sites is 2. The minimum Gasteiger partial charge on any atom is -0.398 e. The van der Waals surface area contributed by atoms with Crippen molar-refractivity contribution in [2.45, 2.75) is 6.42 Å². The van der Waals surface area contributed by atoms with Crippen molar-refractivity contribution in [1.82, 2.24) is 9.55 Å². The minimum absolute atomic E-state index is 0.0293. The van der Waals surface area contributed by atoms with Crippen molar-refractivity contribution in [3.8, 4) is 0 Å². The Balaban J connectivity index is 1.94. The third-order valence-corrected chi connectivity index (χ3v) is 4.01. The summed E-state index contributed by atoms with van der Waals surface area (Å²) in [5, 5.41) is 0. The summed E-state index contributed by atoms with van der Waals surface area (Å²) in [5.41, 5.74) is 8.84. The Morgan fingerprint density at radius 3 is 2.76 bits per heavy atom. The molecule has 4 nitrogen and oxygen atoms in total. The molecule has 0 saturated heterocycles. The average Bonchev–Trinajstić information content (AvgIpc) is 2.76. The second-order valence-corrected chi connectivity index (χ2v) is 5.82. The molecule has 106 valence electrons. The number of hydrogen-bond acceptors (Lipinski definition) is 3. The lowest BCUT2D eigenvalue weighted by Gasteiger charge is -2.06. The molecule has 0 radical (unpaired) electrons. The smallest absolute Gasteiger partial charge is 0.172 e. The molecule has 0 spiro atoms. The van der Waals surface area contributed by atoms with E-state index >= 15 is 0 Å². The molecule has 0 fully saturated rings. The number of carbonyl (C=O) groups excluding carboxylic acids is 1. The fourth-order valence-corrected chi connectivity index (χ4v) is 2.76. The quantitative estimate of drug-likeness (QED) is 0.586. The summed E-state index contributed by atoms with van der Waals surface area (Å²) in [5.74, 6) is 0.710. The summed E-state index contributed by atoms with van der Waals surface area (Å²) in [4.78, 5) is 16.9. The fraction of sp³-hybridized carbons (Fsp3) is 0.125. The zero-order valence-electron chi connectivity index (χ0n) is 11.5. The van der Waals surface area contributed by atoms with Crippen LogP contribution in [-0.4, -0.2) is 15.3 Å². The fourth-order valence-electron chi connectivity index (χ4n) is 2.38. The van der Waals surface area contributed by atoms with E-state index in [2.05, 4.69) is 20.9 Å². The van der Waals surface area contributed by atoms with Gasteiger partial charge in [-0.3, -0.25) is 4.79 Å². The molecule has 2 N–H and O–H groups in total. The van der Waals surface area contributed by atoms with Gasteiger partial charge in [-0.05, 0) is 30.3 Å². The predicted molar refractivity (Wildman–Crippen MR) is 87.3 cm³/mol. The molecule has 21 heavy (non-hydrogen) atoms. The molecule has 0 saturated carbocycles. The van der Waals surface area contributed by atoms with Gasteiger partial charge in [-0.2, -0.15) is 0 Å². The van der Waals surface area contributed by atoms with Crippen LogP contribution in [-0.2, 0) is 13.5 Å². The summed E-state index contributed by atoms with van der Waals surface area (Å²) < 4.78 is 2.81. The van der Waals surface area contributed by atoms with Crippen molar-refractivity contribution in [3.63, 3.8) is 0 Å². The number of rotatable bonds is 3. The van der Waals surface area contributed by atoms with Gasteiger partial charge in [0, 0.05) is 22.8 Å². The van der Waals surface area contributed by atoms with Crippen LogP contribution in [0.4, 0.5) is 5.69 Å². The van der Waals surface area contributed by atoms with Crippen molar-refractivity contribution < 1.29 is 4.79 Å². The van der Waals surface area contributed by atoms with Crippen LogP contribution in [0, 0.1) is 0 Å². The third kappa shape index (κ3) is 2.56. The number of nitrogens with two attached hydrogens (primary N) is 1. The number of nitrogens with zero attached hydrogens (tertiary/aromatic N) is 2. The van der Waals surface area contributed by atoms with E-state index in [1.165, 1.54) is 0 Å². The first kappa shape index (κ1) is 13.8. The first-order valence-corrected chi connectivity index (χ1v) is 7.34. The molecule has 0 aliphatic rings. The van der Waals surface area contributed by atoms with Gasteiger partial charge in [0.1, 0.15) is 5.82 Å². The number of aryl methyl sites for hydroxylation is 1. The Bertz CT molecular complexity index is 839. The molecule has 2 aromatic carbocycles. The molecule has 0 bridgehead atoms. The molecule has 3 rings (SSSR count). The average molecular weight is 344 g/mol. The van der Waals surface area contributed by atoms with E-state index in [1.54, 1.807) is 12.1 Å². The number of carbonyl (C=O) groups is 1. The highest BCUT2D eigenvalue weighted by Gasteiger charge is 2.15. The van der Waals surface area contributed by atoms with Gasteiger partial charge in [0.2, 0.25) is 0 Å². The van der Waals surface area contributed by atoms with E-state index in [0.717, 1.165) is 21.3 Å².